The van der Waals surface area contributed by atoms with Gasteiger partial charge in [0.1, 0.15) is 5.75 Å². The van der Waals surface area contributed by atoms with Crippen molar-refractivity contribution >= 4 is 17.3 Å². The number of quaternary nitrogens is 1. The van der Waals surface area contributed by atoms with Gasteiger partial charge in [-0.1, -0.05) is 18.2 Å². The first-order valence-electron chi connectivity index (χ1n) is 10.3. The summed E-state index contributed by atoms with van der Waals surface area (Å²) < 4.78 is 5.50. The van der Waals surface area contributed by atoms with Gasteiger partial charge in [-0.3, -0.25) is 4.79 Å². The third-order valence-corrected chi connectivity index (χ3v) is 6.20. The van der Waals surface area contributed by atoms with Gasteiger partial charge in [-0.05, 0) is 61.6 Å². The molecule has 148 valence electrons. The van der Waals surface area contributed by atoms with Crippen LogP contribution in [0.5, 0.6) is 5.75 Å². The summed E-state index contributed by atoms with van der Waals surface area (Å²) >= 11 is 0. The minimum atomic E-state index is -0.0620. The quantitative estimate of drug-likeness (QED) is 0.833. The fourth-order valence-corrected chi connectivity index (χ4v) is 4.44. The molecule has 4 rings (SSSR count). The second-order valence-corrected chi connectivity index (χ2v) is 7.87. The number of carbonyl (C=O) groups is 1. The Labute approximate surface area is 167 Å². The molecule has 0 saturated carbocycles. The number of para-hydroxylation sites is 2. The van der Waals surface area contributed by atoms with Gasteiger partial charge in [0.15, 0.2) is 6.04 Å². The second-order valence-electron chi connectivity index (χ2n) is 7.87. The first-order valence-corrected chi connectivity index (χ1v) is 10.3. The van der Waals surface area contributed by atoms with E-state index in [9.17, 15) is 4.79 Å². The summed E-state index contributed by atoms with van der Waals surface area (Å²) in [5.41, 5.74) is 4.90. The van der Waals surface area contributed by atoms with Crippen LogP contribution >= 0.6 is 0 Å². The molecule has 1 aliphatic heterocycles. The Morgan fingerprint density at radius 2 is 1.86 bits per heavy atom. The van der Waals surface area contributed by atoms with E-state index < -0.39 is 0 Å². The second kappa shape index (κ2) is 8.23. The van der Waals surface area contributed by atoms with Crippen molar-refractivity contribution in [3.05, 3.63) is 53.6 Å². The van der Waals surface area contributed by atoms with Crippen LogP contribution in [0.25, 0.3) is 0 Å². The number of piperazine rings is 1. The number of amides is 1. The maximum atomic E-state index is 12.8. The Hall–Kier alpha value is -2.53. The monoisotopic (exact) mass is 380 g/mol. The van der Waals surface area contributed by atoms with Gasteiger partial charge in [-0.25, -0.2) is 0 Å². The molecule has 2 aromatic rings. The van der Waals surface area contributed by atoms with E-state index in [1.165, 1.54) is 28.9 Å². The van der Waals surface area contributed by atoms with E-state index in [-0.39, 0.29) is 11.9 Å². The number of methoxy groups -OCH3 is 1. The molecule has 28 heavy (non-hydrogen) atoms. The van der Waals surface area contributed by atoms with Crippen LogP contribution in [0.3, 0.4) is 0 Å². The van der Waals surface area contributed by atoms with Crippen molar-refractivity contribution in [2.45, 2.75) is 32.2 Å². The lowest BCUT2D eigenvalue weighted by molar-refractivity contribution is -0.914. The molecule has 1 amide bonds. The zero-order valence-electron chi connectivity index (χ0n) is 16.8. The van der Waals surface area contributed by atoms with E-state index in [0.717, 1.165) is 49.7 Å². The lowest BCUT2D eigenvalue weighted by atomic mass is 10.1. The van der Waals surface area contributed by atoms with E-state index in [2.05, 4.69) is 28.4 Å². The van der Waals surface area contributed by atoms with Crippen LogP contribution in [0.2, 0.25) is 0 Å². The molecule has 1 atom stereocenters. The topological polar surface area (TPSA) is 46.0 Å². The van der Waals surface area contributed by atoms with E-state index in [1.54, 1.807) is 7.11 Å². The largest absolute Gasteiger partial charge is 0.495 e. The number of fused-ring (bicyclic) bond motifs is 1. The highest BCUT2D eigenvalue weighted by Crippen LogP contribution is 2.27. The van der Waals surface area contributed by atoms with Crippen molar-refractivity contribution in [3.63, 3.8) is 0 Å². The number of ether oxygens (including phenoxy) is 1. The van der Waals surface area contributed by atoms with Gasteiger partial charge in [0.25, 0.3) is 5.91 Å². The minimum Gasteiger partial charge on any atom is -0.495 e. The summed E-state index contributed by atoms with van der Waals surface area (Å²) in [4.78, 5) is 16.5. The lowest BCUT2D eigenvalue weighted by Crippen LogP contribution is -3.19. The predicted octanol–water partition coefficient (Wildman–Crippen LogP) is 1.92. The van der Waals surface area contributed by atoms with Gasteiger partial charge in [-0.2, -0.15) is 0 Å². The Morgan fingerprint density at radius 3 is 2.64 bits per heavy atom. The molecule has 0 unspecified atom stereocenters. The van der Waals surface area contributed by atoms with E-state index in [1.807, 2.05) is 31.2 Å². The van der Waals surface area contributed by atoms with Crippen LogP contribution in [0.4, 0.5) is 11.4 Å². The Morgan fingerprint density at radius 1 is 1.11 bits per heavy atom. The van der Waals surface area contributed by atoms with Gasteiger partial charge in [0.2, 0.25) is 0 Å². The van der Waals surface area contributed by atoms with Gasteiger partial charge in [-0.15, -0.1) is 0 Å². The number of hydrogen-bond acceptors (Lipinski definition) is 3. The summed E-state index contributed by atoms with van der Waals surface area (Å²) in [5, 5.41) is 3.14. The maximum absolute atomic E-state index is 12.8. The number of nitrogens with one attached hydrogen (secondary N) is 2. The zero-order valence-corrected chi connectivity index (χ0v) is 16.8. The van der Waals surface area contributed by atoms with Gasteiger partial charge >= 0.3 is 0 Å². The van der Waals surface area contributed by atoms with Gasteiger partial charge in [0, 0.05) is 5.69 Å². The Bertz CT molecular complexity index is 843. The normalized spacial score (nSPS) is 17.9. The van der Waals surface area contributed by atoms with E-state index in [4.69, 9.17) is 4.74 Å². The minimum absolute atomic E-state index is 0.0620. The predicted molar refractivity (Wildman–Crippen MR) is 112 cm³/mol. The molecular weight excluding hydrogens is 350 g/mol. The van der Waals surface area contributed by atoms with Crippen LogP contribution in [0.15, 0.2) is 42.5 Å². The summed E-state index contributed by atoms with van der Waals surface area (Å²) in [6, 6.07) is 14.5. The highest BCUT2D eigenvalue weighted by molar-refractivity contribution is 5.93. The number of hydrogen-bond donors (Lipinski definition) is 2. The van der Waals surface area contributed by atoms with Crippen molar-refractivity contribution < 1.29 is 14.4 Å². The third-order valence-electron chi connectivity index (χ3n) is 6.20. The number of benzene rings is 2. The van der Waals surface area contributed by atoms with E-state index in [0.29, 0.717) is 0 Å². The fraction of sp³-hybridized carbons (Fsp3) is 0.435. The summed E-state index contributed by atoms with van der Waals surface area (Å²) in [5.74, 6) is 1.02. The van der Waals surface area contributed by atoms with E-state index >= 15 is 0 Å². The molecule has 1 aliphatic carbocycles. The van der Waals surface area contributed by atoms with Crippen LogP contribution in [-0.2, 0) is 17.6 Å². The molecule has 1 saturated heterocycles. The molecule has 1 heterocycles. The fourth-order valence-electron chi connectivity index (χ4n) is 4.44. The summed E-state index contributed by atoms with van der Waals surface area (Å²) in [6.45, 7) is 5.77. The average Bonchev–Trinajstić information content (AvgIpc) is 3.21. The van der Waals surface area contributed by atoms with Crippen molar-refractivity contribution in [3.8, 4) is 5.75 Å². The Balaban J connectivity index is 1.34. The molecule has 0 radical (unpaired) electrons. The molecule has 0 spiro atoms. The Kier molecular flexibility index (Phi) is 5.53. The molecule has 0 aromatic heterocycles. The number of anilines is 2. The summed E-state index contributed by atoms with van der Waals surface area (Å²) in [7, 11) is 1.71. The average molecular weight is 381 g/mol. The van der Waals surface area contributed by atoms with Crippen LogP contribution in [0.1, 0.15) is 24.5 Å². The van der Waals surface area contributed by atoms with Crippen molar-refractivity contribution in [2.24, 2.45) is 0 Å². The lowest BCUT2D eigenvalue weighted by Gasteiger charge is -2.36. The first kappa shape index (κ1) is 18.8. The molecule has 5 nitrogen and oxygen atoms in total. The first-order chi connectivity index (χ1) is 13.7. The highest BCUT2D eigenvalue weighted by atomic mass is 16.5. The van der Waals surface area contributed by atoms with Crippen molar-refractivity contribution in [1.29, 1.82) is 0 Å². The van der Waals surface area contributed by atoms with Crippen molar-refractivity contribution in [2.75, 3.05) is 43.5 Å². The highest BCUT2D eigenvalue weighted by Gasteiger charge is 2.30. The molecule has 5 heteroatoms. The molecule has 2 aliphatic rings. The molecule has 0 bridgehead atoms. The molecule has 2 aromatic carbocycles. The van der Waals surface area contributed by atoms with Gasteiger partial charge < -0.3 is 19.9 Å². The van der Waals surface area contributed by atoms with Gasteiger partial charge in [0.05, 0.1) is 39.0 Å². The van der Waals surface area contributed by atoms with Crippen molar-refractivity contribution in [1.82, 2.24) is 0 Å². The van der Waals surface area contributed by atoms with Crippen LogP contribution < -0.4 is 19.9 Å². The number of carbonyl (C=O) groups excluding carboxylic acids is 1. The molecular formula is C23H30N3O2+. The smallest absolute Gasteiger partial charge is 0.282 e. The third kappa shape index (κ3) is 3.85. The molecule has 1 fully saturated rings. The molecule has 2 N–H and O–H groups in total. The number of aryl methyl sites for hydroxylation is 2. The SMILES string of the molecule is COc1ccccc1N1CC[NH+]([C@H](C)C(=O)Nc2ccc3c(c2)CCC3)CC1. The number of rotatable bonds is 5. The summed E-state index contributed by atoms with van der Waals surface area (Å²) in [6.07, 6.45) is 3.52. The van der Waals surface area contributed by atoms with Crippen LogP contribution in [-0.4, -0.2) is 45.2 Å². The van der Waals surface area contributed by atoms with Crippen LogP contribution in [0, 0.1) is 0 Å². The number of nitrogens with zero attached hydrogens (tertiary/aromatic N) is 1. The zero-order chi connectivity index (χ0) is 19.5. The maximum Gasteiger partial charge on any atom is 0.282 e. The standard InChI is InChI=1S/C23H29N3O2/c1-17(23(27)24-20-11-10-18-6-5-7-19(18)16-20)25-12-14-26(15-13-25)21-8-3-4-9-22(21)28-2/h3-4,8-11,16-17H,5-7,12-15H2,1-2H3,(H,24,27)/p+1/t17-/m1/s1.